The van der Waals surface area contributed by atoms with Gasteiger partial charge in [0.2, 0.25) is 5.91 Å². The summed E-state index contributed by atoms with van der Waals surface area (Å²) in [6.45, 7) is 0. The molecule has 5 heteroatoms. The Morgan fingerprint density at radius 3 is 2.61 bits per heavy atom. The molecule has 0 spiro atoms. The summed E-state index contributed by atoms with van der Waals surface area (Å²) >= 11 is 0. The average Bonchev–Trinajstić information content (AvgIpc) is 2.46. The van der Waals surface area contributed by atoms with Crippen molar-refractivity contribution in [3.05, 3.63) is 53.8 Å². The fraction of sp³-hybridized carbons (Fsp3) is 0.278. The molecule has 0 radical (unpaired) electrons. The van der Waals surface area contributed by atoms with E-state index in [9.17, 15) is 9.18 Å². The van der Waals surface area contributed by atoms with Gasteiger partial charge in [0.05, 0.1) is 18.2 Å². The number of nitrogens with one attached hydrogen (secondary N) is 1. The summed E-state index contributed by atoms with van der Waals surface area (Å²) in [6, 6.07) is 11.4. The monoisotopic (exact) mass is 314 g/mol. The SMILES string of the molecule is COc1ccc(NC(=O)C2(c3cccc(F)c3)CCC2)cc1N. The normalized spacial score (nSPS) is 15.6. The quantitative estimate of drug-likeness (QED) is 0.849. The van der Waals surface area contributed by atoms with E-state index in [1.54, 1.807) is 24.3 Å². The number of carbonyl (C=O) groups is 1. The van der Waals surface area contributed by atoms with Gasteiger partial charge in [0.25, 0.3) is 0 Å². The van der Waals surface area contributed by atoms with Crippen molar-refractivity contribution in [2.24, 2.45) is 0 Å². The van der Waals surface area contributed by atoms with Crippen molar-refractivity contribution in [3.63, 3.8) is 0 Å². The Balaban J connectivity index is 1.85. The van der Waals surface area contributed by atoms with Gasteiger partial charge in [-0.2, -0.15) is 0 Å². The lowest BCUT2D eigenvalue weighted by atomic mass is 9.63. The lowest BCUT2D eigenvalue weighted by Crippen LogP contribution is -2.46. The largest absolute Gasteiger partial charge is 0.495 e. The number of carbonyl (C=O) groups excluding carboxylic acids is 1. The number of hydrogen-bond donors (Lipinski definition) is 2. The highest BCUT2D eigenvalue weighted by molar-refractivity contribution is 6.00. The maximum Gasteiger partial charge on any atom is 0.235 e. The Bertz CT molecular complexity index is 742. The highest BCUT2D eigenvalue weighted by atomic mass is 19.1. The molecular formula is C18H19FN2O2. The molecule has 0 unspecified atom stereocenters. The van der Waals surface area contributed by atoms with Gasteiger partial charge in [0, 0.05) is 5.69 Å². The van der Waals surface area contributed by atoms with Crippen LogP contribution in [0.25, 0.3) is 0 Å². The van der Waals surface area contributed by atoms with Crippen LogP contribution in [0.3, 0.4) is 0 Å². The first-order valence-corrected chi connectivity index (χ1v) is 7.56. The zero-order valence-corrected chi connectivity index (χ0v) is 12.9. The van der Waals surface area contributed by atoms with E-state index < -0.39 is 5.41 Å². The summed E-state index contributed by atoms with van der Waals surface area (Å²) in [6.07, 6.45) is 2.39. The third kappa shape index (κ3) is 2.74. The van der Waals surface area contributed by atoms with Crippen molar-refractivity contribution in [1.82, 2.24) is 0 Å². The average molecular weight is 314 g/mol. The van der Waals surface area contributed by atoms with Crippen LogP contribution in [-0.4, -0.2) is 13.0 Å². The number of anilines is 2. The van der Waals surface area contributed by atoms with Crippen molar-refractivity contribution in [2.45, 2.75) is 24.7 Å². The maximum atomic E-state index is 13.5. The van der Waals surface area contributed by atoms with Crippen LogP contribution in [0.2, 0.25) is 0 Å². The Kier molecular flexibility index (Phi) is 3.94. The van der Waals surface area contributed by atoms with E-state index in [0.717, 1.165) is 12.0 Å². The minimum Gasteiger partial charge on any atom is -0.495 e. The Morgan fingerprint density at radius 2 is 2.04 bits per heavy atom. The molecule has 0 aromatic heterocycles. The Hall–Kier alpha value is -2.56. The van der Waals surface area contributed by atoms with Crippen LogP contribution >= 0.6 is 0 Å². The number of nitrogen functional groups attached to an aromatic ring is 1. The fourth-order valence-corrected chi connectivity index (χ4v) is 3.03. The van der Waals surface area contributed by atoms with Gasteiger partial charge in [-0.15, -0.1) is 0 Å². The molecule has 23 heavy (non-hydrogen) atoms. The smallest absolute Gasteiger partial charge is 0.235 e. The number of ether oxygens (including phenoxy) is 1. The van der Waals surface area contributed by atoms with Crippen LogP contribution < -0.4 is 15.8 Å². The molecule has 1 aliphatic rings. The number of methoxy groups -OCH3 is 1. The molecular weight excluding hydrogens is 295 g/mol. The molecule has 1 saturated carbocycles. The summed E-state index contributed by atoms with van der Waals surface area (Å²) in [4.78, 5) is 12.8. The molecule has 3 N–H and O–H groups in total. The van der Waals surface area contributed by atoms with E-state index in [1.165, 1.54) is 19.2 Å². The van der Waals surface area contributed by atoms with Crippen LogP contribution in [0.4, 0.5) is 15.8 Å². The Labute approximate surface area is 134 Å². The summed E-state index contributed by atoms with van der Waals surface area (Å²) in [5.74, 6) is 0.112. The number of nitrogens with two attached hydrogens (primary N) is 1. The maximum absolute atomic E-state index is 13.5. The molecule has 3 rings (SSSR count). The molecule has 1 fully saturated rings. The molecule has 2 aromatic rings. The van der Waals surface area contributed by atoms with Gasteiger partial charge in [-0.3, -0.25) is 4.79 Å². The predicted molar refractivity (Wildman–Crippen MR) is 88.0 cm³/mol. The van der Waals surface area contributed by atoms with Gasteiger partial charge in [0.15, 0.2) is 0 Å². The molecule has 4 nitrogen and oxygen atoms in total. The predicted octanol–water partition coefficient (Wildman–Crippen LogP) is 3.48. The minimum absolute atomic E-state index is 0.126. The van der Waals surface area contributed by atoms with Crippen molar-refractivity contribution >= 4 is 17.3 Å². The zero-order valence-electron chi connectivity index (χ0n) is 12.9. The van der Waals surface area contributed by atoms with Gasteiger partial charge >= 0.3 is 0 Å². The van der Waals surface area contributed by atoms with Gasteiger partial charge in [0.1, 0.15) is 11.6 Å². The van der Waals surface area contributed by atoms with Crippen LogP contribution in [-0.2, 0) is 10.2 Å². The van der Waals surface area contributed by atoms with Crippen molar-refractivity contribution in [1.29, 1.82) is 0 Å². The third-order valence-electron chi connectivity index (χ3n) is 4.51. The van der Waals surface area contributed by atoms with Gasteiger partial charge in [-0.25, -0.2) is 4.39 Å². The second-order valence-electron chi connectivity index (χ2n) is 5.86. The molecule has 120 valence electrons. The first-order valence-electron chi connectivity index (χ1n) is 7.56. The zero-order chi connectivity index (χ0) is 16.4. The van der Waals surface area contributed by atoms with Crippen LogP contribution in [0.1, 0.15) is 24.8 Å². The van der Waals surface area contributed by atoms with Crippen molar-refractivity contribution in [3.8, 4) is 5.75 Å². The Morgan fingerprint density at radius 1 is 1.26 bits per heavy atom. The van der Waals surface area contributed by atoms with Gasteiger partial charge in [-0.1, -0.05) is 18.6 Å². The second kappa shape index (κ2) is 5.91. The first-order chi connectivity index (χ1) is 11.0. The molecule has 0 bridgehead atoms. The fourth-order valence-electron chi connectivity index (χ4n) is 3.03. The summed E-state index contributed by atoms with van der Waals surface area (Å²) in [5, 5.41) is 2.90. The third-order valence-corrected chi connectivity index (χ3v) is 4.51. The van der Waals surface area contributed by atoms with Crippen LogP contribution in [0.15, 0.2) is 42.5 Å². The summed E-state index contributed by atoms with van der Waals surface area (Å²) in [7, 11) is 1.54. The highest BCUT2D eigenvalue weighted by Gasteiger charge is 2.45. The van der Waals surface area contributed by atoms with Crippen molar-refractivity contribution < 1.29 is 13.9 Å². The van der Waals surface area contributed by atoms with E-state index in [4.69, 9.17) is 10.5 Å². The lowest BCUT2D eigenvalue weighted by Gasteiger charge is -2.40. The number of rotatable bonds is 4. The topological polar surface area (TPSA) is 64.3 Å². The summed E-state index contributed by atoms with van der Waals surface area (Å²) in [5.41, 5.74) is 7.00. The molecule has 0 heterocycles. The lowest BCUT2D eigenvalue weighted by molar-refractivity contribution is -0.124. The second-order valence-corrected chi connectivity index (χ2v) is 5.86. The molecule has 0 saturated heterocycles. The highest BCUT2D eigenvalue weighted by Crippen LogP contribution is 2.45. The van der Waals surface area contributed by atoms with Crippen molar-refractivity contribution in [2.75, 3.05) is 18.2 Å². The molecule has 1 aliphatic carbocycles. The molecule has 1 amide bonds. The van der Waals surface area contributed by atoms with Gasteiger partial charge in [-0.05, 0) is 48.7 Å². The minimum atomic E-state index is -0.656. The molecule has 0 aliphatic heterocycles. The van der Waals surface area contributed by atoms with E-state index in [0.29, 0.717) is 30.0 Å². The van der Waals surface area contributed by atoms with Gasteiger partial charge < -0.3 is 15.8 Å². The molecule has 0 atom stereocenters. The number of amides is 1. The number of halogens is 1. The molecule has 2 aromatic carbocycles. The number of hydrogen-bond acceptors (Lipinski definition) is 3. The van der Waals surface area contributed by atoms with E-state index >= 15 is 0 Å². The van der Waals surface area contributed by atoms with E-state index in [-0.39, 0.29) is 11.7 Å². The van der Waals surface area contributed by atoms with Crippen LogP contribution in [0, 0.1) is 5.82 Å². The standard InChI is InChI=1S/C18H19FN2O2/c1-23-16-7-6-14(11-15(16)20)21-17(22)18(8-3-9-18)12-4-2-5-13(19)10-12/h2,4-7,10-11H,3,8-9,20H2,1H3,(H,21,22). The van der Waals surface area contributed by atoms with E-state index in [2.05, 4.69) is 5.32 Å². The number of benzene rings is 2. The summed E-state index contributed by atoms with van der Waals surface area (Å²) < 4.78 is 18.6. The van der Waals surface area contributed by atoms with Crippen LogP contribution in [0.5, 0.6) is 5.75 Å². The first kappa shape index (κ1) is 15.3. The van der Waals surface area contributed by atoms with E-state index in [1.807, 2.05) is 6.07 Å².